The van der Waals surface area contributed by atoms with E-state index in [2.05, 4.69) is 58.8 Å². The van der Waals surface area contributed by atoms with Gasteiger partial charge in [0.2, 0.25) is 23.6 Å². The van der Waals surface area contributed by atoms with Crippen LogP contribution in [-0.2, 0) is 19.2 Å². The lowest BCUT2D eigenvalue weighted by Crippen LogP contribution is -2.61. The monoisotopic (exact) mass is 847 g/mol. The third kappa shape index (κ3) is 32.5. The van der Waals surface area contributed by atoms with E-state index in [4.69, 9.17) is 0 Å². The Hall–Kier alpha value is -2.20. The van der Waals surface area contributed by atoms with E-state index < -0.39 is 12.1 Å². The predicted molar refractivity (Wildman–Crippen MR) is 253 cm³/mol. The van der Waals surface area contributed by atoms with Crippen LogP contribution in [-0.4, -0.2) is 97.9 Å². The molecule has 1 heterocycles. The fourth-order valence-electron chi connectivity index (χ4n) is 8.36. The number of amides is 4. The van der Waals surface area contributed by atoms with Crippen molar-refractivity contribution >= 4 is 23.6 Å². The molecule has 0 bridgehead atoms. The Morgan fingerprint density at radius 2 is 0.650 bits per heavy atom. The molecule has 352 valence electrons. The van der Waals surface area contributed by atoms with Crippen molar-refractivity contribution in [2.45, 2.75) is 245 Å². The molecule has 1 aliphatic rings. The fourth-order valence-corrected chi connectivity index (χ4v) is 8.36. The molecule has 2 atom stereocenters. The summed E-state index contributed by atoms with van der Waals surface area (Å²) in [5.74, 6) is -0.749. The molecule has 1 aliphatic heterocycles. The maximum absolute atomic E-state index is 12.9. The fraction of sp³-hybridized carbons (Fsp3) is 0.920. The summed E-state index contributed by atoms with van der Waals surface area (Å²) in [6.07, 6.45) is 37.1. The third-order valence-corrected chi connectivity index (χ3v) is 12.4. The van der Waals surface area contributed by atoms with E-state index in [0.29, 0.717) is 13.1 Å². The van der Waals surface area contributed by atoms with Crippen molar-refractivity contribution in [2.24, 2.45) is 0 Å². The van der Waals surface area contributed by atoms with E-state index >= 15 is 0 Å². The molecule has 0 aromatic rings. The van der Waals surface area contributed by atoms with Crippen LogP contribution in [0.3, 0.4) is 0 Å². The van der Waals surface area contributed by atoms with Crippen molar-refractivity contribution in [3.63, 3.8) is 0 Å². The van der Waals surface area contributed by atoms with Crippen molar-refractivity contribution < 1.29 is 19.2 Å². The van der Waals surface area contributed by atoms with Crippen LogP contribution in [0.4, 0.5) is 0 Å². The largest absolute Gasteiger partial charge is 0.355 e. The number of hydrogen-bond donors (Lipinski definition) is 4. The van der Waals surface area contributed by atoms with Gasteiger partial charge in [-0.2, -0.15) is 0 Å². The lowest BCUT2D eigenvalue weighted by atomic mass is 10.0. The number of nitrogens with zero attached hydrogens (tertiary/aromatic N) is 2. The molecule has 4 amide bonds. The normalized spacial score (nSPS) is 15.4. The first-order valence-corrected chi connectivity index (χ1v) is 25.9. The average Bonchev–Trinajstić information content (AvgIpc) is 3.24. The lowest BCUT2D eigenvalue weighted by molar-refractivity contribution is -0.137. The van der Waals surface area contributed by atoms with E-state index in [-0.39, 0.29) is 49.3 Å². The van der Waals surface area contributed by atoms with E-state index in [9.17, 15) is 19.2 Å². The van der Waals surface area contributed by atoms with Gasteiger partial charge in [0.1, 0.15) is 12.1 Å². The van der Waals surface area contributed by atoms with Crippen LogP contribution in [0.25, 0.3) is 0 Å². The molecule has 0 spiro atoms. The number of hydrogen-bond acceptors (Lipinski definition) is 6. The molecule has 0 aromatic carbocycles. The summed E-state index contributed by atoms with van der Waals surface area (Å²) >= 11 is 0. The minimum atomic E-state index is -0.738. The molecule has 4 N–H and O–H groups in total. The molecule has 0 aliphatic carbocycles. The van der Waals surface area contributed by atoms with Gasteiger partial charge in [0.15, 0.2) is 0 Å². The number of carbonyl (C=O) groups excluding carboxylic acids is 4. The molecule has 0 radical (unpaired) electrons. The summed E-state index contributed by atoms with van der Waals surface area (Å²) in [6, 6.07) is -1.48. The van der Waals surface area contributed by atoms with E-state index in [0.717, 1.165) is 39.3 Å². The van der Waals surface area contributed by atoms with Crippen LogP contribution in [0.2, 0.25) is 0 Å². The van der Waals surface area contributed by atoms with Crippen LogP contribution in [0.15, 0.2) is 0 Å². The summed E-state index contributed by atoms with van der Waals surface area (Å²) in [6.45, 7) is 16.2. The first-order valence-electron chi connectivity index (χ1n) is 25.9. The molecule has 1 saturated heterocycles. The van der Waals surface area contributed by atoms with E-state index in [1.165, 1.54) is 180 Å². The van der Waals surface area contributed by atoms with Crippen LogP contribution in [0.1, 0.15) is 233 Å². The lowest BCUT2D eigenvalue weighted by Gasteiger charge is -2.29. The smallest absolute Gasteiger partial charge is 0.243 e. The Morgan fingerprint density at radius 3 is 0.917 bits per heavy atom. The molecule has 10 heteroatoms. The van der Waals surface area contributed by atoms with Gasteiger partial charge in [0.05, 0.1) is 0 Å². The summed E-state index contributed by atoms with van der Waals surface area (Å²) in [5.41, 5.74) is 0. The van der Waals surface area contributed by atoms with Crippen molar-refractivity contribution in [3.05, 3.63) is 0 Å². The van der Waals surface area contributed by atoms with Crippen LogP contribution in [0, 0.1) is 0 Å². The summed E-state index contributed by atoms with van der Waals surface area (Å²) in [5, 5.41) is 11.8. The highest BCUT2D eigenvalue weighted by Gasteiger charge is 2.33. The standard InChI is InChI=1S/C50H98N6O4/c1-5-9-13-17-21-25-29-39-55(40-30-26-22-18-14-10-6-2)43-37-51-47(57)35-33-45-49(59)54-46(50(60)53-45)34-36-48(58)52-38-44-56(41-31-27-23-19-15-11-7-3)42-32-28-24-20-16-12-8-4/h45-46H,5-44H2,1-4H3,(H,51,57)(H,52,58)(H,53,60)(H,54,59)/t45-,46-/m1/s1. The highest BCUT2D eigenvalue weighted by Crippen LogP contribution is 2.13. The second kappa shape index (κ2) is 40.8. The first kappa shape index (κ1) is 55.8. The maximum atomic E-state index is 12.9. The van der Waals surface area contributed by atoms with Gasteiger partial charge in [-0.3, -0.25) is 19.2 Å². The SMILES string of the molecule is CCCCCCCCCN(CCCCCCCCC)CCNC(=O)CC[C@H]1NC(=O)[C@@H](CCC(=O)NCCN(CCCCCCCCC)CCCCCCCCC)NC1=O. The van der Waals surface area contributed by atoms with Crippen molar-refractivity contribution in [1.82, 2.24) is 31.1 Å². The first-order chi connectivity index (χ1) is 29.3. The molecule has 1 rings (SSSR count). The maximum Gasteiger partial charge on any atom is 0.243 e. The van der Waals surface area contributed by atoms with Gasteiger partial charge >= 0.3 is 0 Å². The molecule has 0 unspecified atom stereocenters. The minimum absolute atomic E-state index is 0.0916. The Kier molecular flexibility index (Phi) is 38.0. The molecule has 0 aromatic heterocycles. The van der Waals surface area contributed by atoms with Crippen molar-refractivity contribution in [2.75, 3.05) is 52.4 Å². The number of carbonyl (C=O) groups is 4. The average molecular weight is 847 g/mol. The topological polar surface area (TPSA) is 123 Å². The van der Waals surface area contributed by atoms with Crippen molar-refractivity contribution in [1.29, 1.82) is 0 Å². The molecular formula is C50H98N6O4. The zero-order valence-electron chi connectivity index (χ0n) is 40.0. The molecule has 1 fully saturated rings. The Labute approximate surface area is 370 Å². The van der Waals surface area contributed by atoms with Crippen LogP contribution in [0.5, 0.6) is 0 Å². The second-order valence-electron chi connectivity index (χ2n) is 18.1. The van der Waals surface area contributed by atoms with E-state index in [1.54, 1.807) is 0 Å². The van der Waals surface area contributed by atoms with Gasteiger partial charge in [0.25, 0.3) is 0 Å². The van der Waals surface area contributed by atoms with Crippen LogP contribution < -0.4 is 21.3 Å². The van der Waals surface area contributed by atoms with Crippen molar-refractivity contribution in [3.8, 4) is 0 Å². The summed E-state index contributed by atoms with van der Waals surface area (Å²) in [4.78, 5) is 56.5. The van der Waals surface area contributed by atoms with Gasteiger partial charge in [-0.25, -0.2) is 0 Å². The Balaban J connectivity index is 2.39. The third-order valence-electron chi connectivity index (χ3n) is 12.4. The van der Waals surface area contributed by atoms with Crippen LogP contribution >= 0.6 is 0 Å². The van der Waals surface area contributed by atoms with Gasteiger partial charge in [-0.1, -0.05) is 182 Å². The molecule has 60 heavy (non-hydrogen) atoms. The number of nitrogens with one attached hydrogen (secondary N) is 4. The Morgan fingerprint density at radius 1 is 0.400 bits per heavy atom. The van der Waals surface area contributed by atoms with Gasteiger partial charge in [-0.05, 0) is 64.7 Å². The molecule has 0 saturated carbocycles. The number of piperazine rings is 1. The predicted octanol–water partition coefficient (Wildman–Crippen LogP) is 10.4. The quantitative estimate of drug-likeness (QED) is 0.0453. The van der Waals surface area contributed by atoms with Gasteiger partial charge in [-0.15, -0.1) is 0 Å². The second-order valence-corrected chi connectivity index (χ2v) is 18.1. The highest BCUT2D eigenvalue weighted by molar-refractivity contribution is 5.97. The van der Waals surface area contributed by atoms with E-state index in [1.807, 2.05) is 0 Å². The van der Waals surface area contributed by atoms with Gasteiger partial charge in [0, 0.05) is 39.0 Å². The minimum Gasteiger partial charge on any atom is -0.355 e. The summed E-state index contributed by atoms with van der Waals surface area (Å²) in [7, 11) is 0. The molecular weight excluding hydrogens is 749 g/mol. The zero-order valence-corrected chi connectivity index (χ0v) is 40.0. The summed E-state index contributed by atoms with van der Waals surface area (Å²) < 4.78 is 0. The number of rotatable bonds is 44. The molecule has 10 nitrogen and oxygen atoms in total. The van der Waals surface area contributed by atoms with Gasteiger partial charge < -0.3 is 31.1 Å². The number of unbranched alkanes of at least 4 members (excludes halogenated alkanes) is 24. The highest BCUT2D eigenvalue weighted by atomic mass is 16.2. The zero-order chi connectivity index (χ0) is 43.7. The Bertz CT molecular complexity index is 928.